The summed E-state index contributed by atoms with van der Waals surface area (Å²) >= 11 is 0. The van der Waals surface area contributed by atoms with Crippen LogP contribution in [0.1, 0.15) is 24.0 Å². The van der Waals surface area contributed by atoms with E-state index in [2.05, 4.69) is 5.32 Å². The van der Waals surface area contributed by atoms with E-state index < -0.39 is 10.0 Å². The van der Waals surface area contributed by atoms with E-state index in [1.807, 2.05) is 32.0 Å². The first-order chi connectivity index (χ1) is 11.3. The Bertz CT molecular complexity index is 688. The first-order valence-corrected chi connectivity index (χ1v) is 10.0. The number of carbonyl (C=O) groups is 1. The van der Waals surface area contributed by atoms with E-state index in [1.165, 1.54) is 10.6 Å². The Morgan fingerprint density at radius 1 is 1.38 bits per heavy atom. The van der Waals surface area contributed by atoms with Crippen molar-refractivity contribution in [2.24, 2.45) is 5.92 Å². The molecule has 0 saturated carbocycles. The van der Waals surface area contributed by atoms with Gasteiger partial charge >= 0.3 is 0 Å². The number of nitrogens with zero attached hydrogens (tertiary/aromatic N) is 1. The summed E-state index contributed by atoms with van der Waals surface area (Å²) in [5.74, 6) is 0.437. The van der Waals surface area contributed by atoms with Crippen molar-refractivity contribution in [3.05, 3.63) is 29.3 Å². The first kappa shape index (κ1) is 18.7. The quantitative estimate of drug-likeness (QED) is 0.785. The number of aryl methyl sites for hydroxylation is 2. The fourth-order valence-corrected chi connectivity index (χ4v) is 3.71. The van der Waals surface area contributed by atoms with E-state index in [9.17, 15) is 13.2 Å². The average Bonchev–Trinajstić information content (AvgIpc) is 2.53. The number of nitrogens with one attached hydrogen (secondary N) is 1. The van der Waals surface area contributed by atoms with Crippen molar-refractivity contribution in [3.8, 4) is 5.75 Å². The topological polar surface area (TPSA) is 75.7 Å². The first-order valence-electron chi connectivity index (χ1n) is 8.20. The molecule has 0 bridgehead atoms. The molecule has 0 aliphatic carbocycles. The SMILES string of the molecule is Cc1ccc(C)c(OCCNC(=O)[C@H]2CCCN(S(C)(=O)=O)C2)c1. The Balaban J connectivity index is 1.78. The molecule has 0 radical (unpaired) electrons. The van der Waals surface area contributed by atoms with Gasteiger partial charge in [-0.2, -0.15) is 0 Å². The number of carbonyl (C=O) groups excluding carboxylic acids is 1. The Morgan fingerprint density at radius 3 is 2.83 bits per heavy atom. The smallest absolute Gasteiger partial charge is 0.224 e. The number of ether oxygens (including phenoxy) is 1. The van der Waals surface area contributed by atoms with Crippen molar-refractivity contribution in [2.45, 2.75) is 26.7 Å². The number of hydrogen-bond donors (Lipinski definition) is 1. The number of rotatable bonds is 6. The zero-order valence-corrected chi connectivity index (χ0v) is 15.4. The maximum atomic E-state index is 12.2. The molecule has 1 atom stereocenters. The van der Waals surface area contributed by atoms with Crippen LogP contribution >= 0.6 is 0 Å². The minimum atomic E-state index is -3.23. The fourth-order valence-electron chi connectivity index (χ4n) is 2.80. The largest absolute Gasteiger partial charge is 0.491 e. The third-order valence-electron chi connectivity index (χ3n) is 4.23. The predicted molar refractivity (Wildman–Crippen MR) is 93.6 cm³/mol. The third-order valence-corrected chi connectivity index (χ3v) is 5.50. The second-order valence-corrected chi connectivity index (χ2v) is 8.35. The average molecular weight is 354 g/mol. The normalized spacial score (nSPS) is 19.0. The molecule has 1 aromatic rings. The standard InChI is InChI=1S/C17H26N2O4S/c1-13-6-7-14(2)16(11-13)23-10-8-18-17(20)15-5-4-9-19(12-15)24(3,21)22/h6-7,11,15H,4-5,8-10,12H2,1-3H3,(H,18,20)/t15-/m0/s1. The number of benzene rings is 1. The van der Waals surface area contributed by atoms with Crippen molar-refractivity contribution in [1.29, 1.82) is 0 Å². The molecule has 0 aromatic heterocycles. The van der Waals surface area contributed by atoms with Crippen LogP contribution in [0.3, 0.4) is 0 Å². The molecule has 134 valence electrons. The minimum Gasteiger partial charge on any atom is -0.491 e. The van der Waals surface area contributed by atoms with E-state index in [0.717, 1.165) is 23.3 Å². The summed E-state index contributed by atoms with van der Waals surface area (Å²) in [5, 5.41) is 2.84. The van der Waals surface area contributed by atoms with Gasteiger partial charge < -0.3 is 10.1 Å². The summed E-state index contributed by atoms with van der Waals surface area (Å²) in [4.78, 5) is 12.2. The van der Waals surface area contributed by atoms with Gasteiger partial charge in [0.05, 0.1) is 18.7 Å². The van der Waals surface area contributed by atoms with Crippen molar-refractivity contribution in [2.75, 3.05) is 32.5 Å². The molecule has 24 heavy (non-hydrogen) atoms. The molecule has 6 nitrogen and oxygen atoms in total. The second-order valence-electron chi connectivity index (χ2n) is 6.37. The van der Waals surface area contributed by atoms with Gasteiger partial charge in [0.1, 0.15) is 12.4 Å². The van der Waals surface area contributed by atoms with Gasteiger partial charge in [0.2, 0.25) is 15.9 Å². The van der Waals surface area contributed by atoms with Crippen LogP contribution in [0.4, 0.5) is 0 Å². The van der Waals surface area contributed by atoms with Crippen molar-refractivity contribution in [3.63, 3.8) is 0 Å². The number of sulfonamides is 1. The van der Waals surface area contributed by atoms with Crippen LogP contribution in [0.15, 0.2) is 18.2 Å². The molecule has 1 fully saturated rings. The molecule has 1 heterocycles. The molecule has 1 aromatic carbocycles. The van der Waals surface area contributed by atoms with Crippen LogP contribution in [0.2, 0.25) is 0 Å². The summed E-state index contributed by atoms with van der Waals surface area (Å²) in [6.07, 6.45) is 2.62. The Kier molecular flexibility index (Phi) is 6.23. The molecule has 1 aliphatic rings. The molecule has 2 rings (SSSR count). The van der Waals surface area contributed by atoms with E-state index in [-0.39, 0.29) is 18.4 Å². The predicted octanol–water partition coefficient (Wildman–Crippen LogP) is 1.47. The second kappa shape index (κ2) is 7.98. The van der Waals surface area contributed by atoms with Crippen LogP contribution in [0.25, 0.3) is 0 Å². The molecular weight excluding hydrogens is 328 g/mol. The van der Waals surface area contributed by atoms with Gasteiger partial charge in [0, 0.05) is 13.1 Å². The van der Waals surface area contributed by atoms with E-state index in [1.54, 1.807) is 0 Å². The minimum absolute atomic E-state index is 0.104. The Morgan fingerprint density at radius 2 is 2.12 bits per heavy atom. The number of amides is 1. The van der Waals surface area contributed by atoms with Gasteiger partial charge in [-0.1, -0.05) is 12.1 Å². The highest BCUT2D eigenvalue weighted by Crippen LogP contribution is 2.20. The lowest BCUT2D eigenvalue weighted by Crippen LogP contribution is -2.45. The lowest BCUT2D eigenvalue weighted by molar-refractivity contribution is -0.126. The maximum Gasteiger partial charge on any atom is 0.224 e. The van der Waals surface area contributed by atoms with E-state index in [0.29, 0.717) is 26.1 Å². The van der Waals surface area contributed by atoms with Gasteiger partial charge in [-0.05, 0) is 43.9 Å². The summed E-state index contributed by atoms with van der Waals surface area (Å²) in [6, 6.07) is 6.01. The van der Waals surface area contributed by atoms with Gasteiger partial charge in [-0.3, -0.25) is 4.79 Å². The summed E-state index contributed by atoms with van der Waals surface area (Å²) in [7, 11) is -3.23. The molecule has 1 amide bonds. The van der Waals surface area contributed by atoms with Crippen LogP contribution in [0, 0.1) is 19.8 Å². The number of piperidine rings is 1. The van der Waals surface area contributed by atoms with Crippen LogP contribution in [-0.2, 0) is 14.8 Å². The van der Waals surface area contributed by atoms with Gasteiger partial charge in [-0.25, -0.2) is 12.7 Å². The molecule has 1 N–H and O–H groups in total. The molecule has 1 aliphatic heterocycles. The van der Waals surface area contributed by atoms with Crippen LogP contribution < -0.4 is 10.1 Å². The van der Waals surface area contributed by atoms with Gasteiger partial charge in [0.25, 0.3) is 0 Å². The highest BCUT2D eigenvalue weighted by atomic mass is 32.2. The molecule has 7 heteroatoms. The van der Waals surface area contributed by atoms with Crippen molar-refractivity contribution in [1.82, 2.24) is 9.62 Å². The van der Waals surface area contributed by atoms with Crippen LogP contribution in [0.5, 0.6) is 5.75 Å². The Labute approximate surface area is 144 Å². The summed E-state index contributed by atoms with van der Waals surface area (Å²) in [6.45, 7) is 5.54. The summed E-state index contributed by atoms with van der Waals surface area (Å²) < 4.78 is 30.3. The third kappa shape index (κ3) is 5.21. The Hall–Kier alpha value is -1.60. The van der Waals surface area contributed by atoms with Gasteiger partial charge in [-0.15, -0.1) is 0 Å². The molecule has 1 saturated heterocycles. The zero-order valence-electron chi connectivity index (χ0n) is 14.5. The lowest BCUT2D eigenvalue weighted by atomic mass is 9.99. The monoisotopic (exact) mass is 354 g/mol. The maximum absolute atomic E-state index is 12.2. The van der Waals surface area contributed by atoms with Crippen molar-refractivity contribution < 1.29 is 17.9 Å². The summed E-state index contributed by atoms with van der Waals surface area (Å²) in [5.41, 5.74) is 2.19. The zero-order chi connectivity index (χ0) is 17.7. The van der Waals surface area contributed by atoms with E-state index in [4.69, 9.17) is 4.74 Å². The van der Waals surface area contributed by atoms with Crippen LogP contribution in [-0.4, -0.2) is 51.1 Å². The molecular formula is C17H26N2O4S. The fraction of sp³-hybridized carbons (Fsp3) is 0.588. The highest BCUT2D eigenvalue weighted by Gasteiger charge is 2.29. The van der Waals surface area contributed by atoms with Crippen molar-refractivity contribution >= 4 is 15.9 Å². The van der Waals surface area contributed by atoms with Gasteiger partial charge in [0.15, 0.2) is 0 Å². The lowest BCUT2D eigenvalue weighted by Gasteiger charge is -2.30. The number of hydrogen-bond acceptors (Lipinski definition) is 4. The highest BCUT2D eigenvalue weighted by molar-refractivity contribution is 7.88. The molecule has 0 spiro atoms. The van der Waals surface area contributed by atoms with E-state index >= 15 is 0 Å². The molecule has 0 unspecified atom stereocenters.